The molecule has 0 aliphatic heterocycles. The molecule has 2 heterocycles. The van der Waals surface area contributed by atoms with E-state index in [1.165, 1.54) is 11.7 Å². The molecule has 1 aromatic carbocycles. The monoisotopic (exact) mass is 176 g/mol. The zero-order valence-corrected chi connectivity index (χ0v) is 6.80. The molecule has 0 unspecified atom stereocenters. The summed E-state index contributed by atoms with van der Waals surface area (Å²) in [6.07, 6.45) is 1.56. The van der Waals surface area contributed by atoms with Crippen LogP contribution in [0.3, 0.4) is 0 Å². The highest BCUT2D eigenvalue weighted by molar-refractivity contribution is 7.00. The Morgan fingerprint density at radius 1 is 1.17 bits per heavy atom. The van der Waals surface area contributed by atoms with Crippen LogP contribution in [-0.4, -0.2) is 18.7 Å². The van der Waals surface area contributed by atoms with Gasteiger partial charge in [0.15, 0.2) is 0 Å². The zero-order valence-electron chi connectivity index (χ0n) is 5.98. The highest BCUT2D eigenvalue weighted by atomic mass is 32.1. The van der Waals surface area contributed by atoms with Crippen LogP contribution in [0.4, 0.5) is 0 Å². The minimum absolute atomic E-state index is 0.880. The third-order valence-corrected chi connectivity index (χ3v) is 2.39. The van der Waals surface area contributed by atoms with Crippen LogP contribution in [0, 0.1) is 0 Å². The first-order chi connectivity index (χ1) is 5.95. The summed E-state index contributed by atoms with van der Waals surface area (Å²) in [7, 11) is 0. The Labute approximate surface area is 71.6 Å². The zero-order chi connectivity index (χ0) is 7.97. The van der Waals surface area contributed by atoms with Gasteiger partial charge in [-0.15, -0.1) is 0 Å². The maximum Gasteiger partial charge on any atom is 0.130 e. The van der Waals surface area contributed by atoms with E-state index in [1.807, 2.05) is 12.1 Å². The number of hydrogen-bond donors (Lipinski definition) is 1. The van der Waals surface area contributed by atoms with E-state index in [4.69, 9.17) is 0 Å². The molecule has 3 aromatic rings. The molecule has 0 aliphatic rings. The molecule has 4 nitrogen and oxygen atoms in total. The van der Waals surface area contributed by atoms with Gasteiger partial charge in [-0.05, 0) is 12.1 Å². The van der Waals surface area contributed by atoms with Gasteiger partial charge in [-0.25, -0.2) is 9.97 Å². The molecule has 12 heavy (non-hydrogen) atoms. The lowest BCUT2D eigenvalue weighted by atomic mass is 10.3. The normalized spacial score (nSPS) is 11.3. The number of aromatic nitrogens is 4. The summed E-state index contributed by atoms with van der Waals surface area (Å²) in [5.41, 5.74) is 3.72. The largest absolute Gasteiger partial charge is 0.293 e. The Kier molecular flexibility index (Phi) is 1.02. The maximum absolute atomic E-state index is 4.20. The number of nitrogens with one attached hydrogen (secondary N) is 1. The standard InChI is InChI=1S/C7H4N4S/c1-2-5-7(11-12-10-5)6-4(1)8-3-9-6/h1-3,10H. The summed E-state index contributed by atoms with van der Waals surface area (Å²) in [6.45, 7) is 0. The fourth-order valence-electron chi connectivity index (χ4n) is 1.24. The molecule has 0 atom stereocenters. The van der Waals surface area contributed by atoms with Crippen molar-refractivity contribution in [2.45, 2.75) is 0 Å². The lowest BCUT2D eigenvalue weighted by Gasteiger charge is -1.86. The van der Waals surface area contributed by atoms with E-state index in [1.54, 1.807) is 6.33 Å². The van der Waals surface area contributed by atoms with Gasteiger partial charge in [0.1, 0.15) is 17.4 Å². The Bertz CT molecular complexity index is 489. The molecular weight excluding hydrogens is 172 g/mol. The number of imidazole rings is 1. The summed E-state index contributed by atoms with van der Waals surface area (Å²) in [5.74, 6) is 0. The number of nitrogens with zero attached hydrogens (tertiary/aromatic N) is 3. The topological polar surface area (TPSA) is 54.5 Å². The molecule has 0 bridgehead atoms. The van der Waals surface area contributed by atoms with E-state index < -0.39 is 0 Å². The summed E-state index contributed by atoms with van der Waals surface area (Å²) in [6, 6.07) is 3.91. The van der Waals surface area contributed by atoms with Gasteiger partial charge in [0.25, 0.3) is 0 Å². The fraction of sp³-hybridized carbons (Fsp3) is 0. The van der Waals surface area contributed by atoms with Gasteiger partial charge in [0, 0.05) is 11.7 Å². The lowest BCUT2D eigenvalue weighted by Crippen LogP contribution is -1.72. The van der Waals surface area contributed by atoms with Crippen LogP contribution >= 0.6 is 11.7 Å². The lowest BCUT2D eigenvalue weighted by molar-refractivity contribution is 1.34. The predicted molar refractivity (Wildman–Crippen MR) is 47.1 cm³/mol. The molecule has 0 radical (unpaired) electrons. The van der Waals surface area contributed by atoms with Crippen LogP contribution < -0.4 is 0 Å². The van der Waals surface area contributed by atoms with Crippen molar-refractivity contribution in [3.63, 3.8) is 0 Å². The third kappa shape index (κ3) is 0.634. The summed E-state index contributed by atoms with van der Waals surface area (Å²) in [4.78, 5) is 8.22. The van der Waals surface area contributed by atoms with Gasteiger partial charge in [-0.3, -0.25) is 4.37 Å². The highest BCUT2D eigenvalue weighted by Gasteiger charge is 2.04. The second kappa shape index (κ2) is 2.01. The molecule has 2 aromatic heterocycles. The molecule has 0 saturated carbocycles. The van der Waals surface area contributed by atoms with Gasteiger partial charge < -0.3 is 0 Å². The summed E-state index contributed by atoms with van der Waals surface area (Å²) >= 11 is 1.33. The first kappa shape index (κ1) is 6.07. The van der Waals surface area contributed by atoms with Gasteiger partial charge in [0.2, 0.25) is 0 Å². The molecule has 58 valence electrons. The smallest absolute Gasteiger partial charge is 0.130 e. The molecule has 5 heteroatoms. The van der Waals surface area contributed by atoms with Crippen molar-refractivity contribution in [1.82, 2.24) is 18.7 Å². The van der Waals surface area contributed by atoms with Crippen molar-refractivity contribution in [2.75, 3.05) is 0 Å². The molecule has 3 rings (SSSR count). The van der Waals surface area contributed by atoms with Crippen LogP contribution in [0.2, 0.25) is 0 Å². The van der Waals surface area contributed by atoms with Crippen molar-refractivity contribution in [3.05, 3.63) is 18.5 Å². The number of aromatic amines is 1. The predicted octanol–water partition coefficient (Wildman–Crippen LogP) is 1.57. The van der Waals surface area contributed by atoms with Gasteiger partial charge >= 0.3 is 0 Å². The van der Waals surface area contributed by atoms with E-state index in [0.29, 0.717) is 0 Å². The third-order valence-electron chi connectivity index (χ3n) is 1.81. The molecule has 0 aliphatic carbocycles. The number of hydrogen-bond acceptors (Lipinski definition) is 4. The Morgan fingerprint density at radius 2 is 2.17 bits per heavy atom. The van der Waals surface area contributed by atoms with Crippen molar-refractivity contribution >= 4 is 33.8 Å². The van der Waals surface area contributed by atoms with Crippen LogP contribution in [0.1, 0.15) is 0 Å². The molecule has 1 N–H and O–H groups in total. The molecule has 0 spiro atoms. The number of fused-ring (bicyclic) bond motifs is 3. The van der Waals surface area contributed by atoms with Crippen molar-refractivity contribution in [2.24, 2.45) is 0 Å². The minimum Gasteiger partial charge on any atom is -0.293 e. The van der Waals surface area contributed by atoms with Gasteiger partial charge in [0.05, 0.1) is 11.0 Å². The number of H-pyrrole nitrogens is 1. The Morgan fingerprint density at radius 3 is 3.17 bits per heavy atom. The fourth-order valence-corrected chi connectivity index (χ4v) is 1.83. The second-order valence-corrected chi connectivity index (χ2v) is 3.06. The van der Waals surface area contributed by atoms with Crippen LogP contribution in [0.5, 0.6) is 0 Å². The maximum atomic E-state index is 4.20. The van der Waals surface area contributed by atoms with Gasteiger partial charge in [-0.1, -0.05) is 0 Å². The molecule has 0 amide bonds. The average Bonchev–Trinajstić information content (AvgIpc) is 2.71. The minimum atomic E-state index is 0.880. The molecular formula is C7H4N4S. The van der Waals surface area contributed by atoms with Crippen molar-refractivity contribution < 1.29 is 0 Å². The highest BCUT2D eigenvalue weighted by Crippen LogP contribution is 2.19. The van der Waals surface area contributed by atoms with Crippen molar-refractivity contribution in [3.8, 4) is 0 Å². The number of benzene rings is 1. The van der Waals surface area contributed by atoms with E-state index in [9.17, 15) is 0 Å². The molecule has 0 fully saturated rings. The average molecular weight is 176 g/mol. The van der Waals surface area contributed by atoms with E-state index in [2.05, 4.69) is 18.7 Å². The van der Waals surface area contributed by atoms with E-state index >= 15 is 0 Å². The van der Waals surface area contributed by atoms with Crippen LogP contribution in [0.25, 0.3) is 22.1 Å². The Hall–Kier alpha value is -1.49. The first-order valence-electron chi connectivity index (χ1n) is 3.48. The van der Waals surface area contributed by atoms with Gasteiger partial charge in [-0.2, -0.15) is 4.37 Å². The van der Waals surface area contributed by atoms with Crippen LogP contribution in [0.15, 0.2) is 18.5 Å². The summed E-state index contributed by atoms with van der Waals surface area (Å²) < 4.78 is 7.27. The molecule has 0 saturated heterocycles. The SMILES string of the molecule is c1nc2ccc3[nH]snc3c2n1. The summed E-state index contributed by atoms with van der Waals surface area (Å²) in [5, 5.41) is 0. The Balaban J connectivity index is 2.71. The first-order valence-corrected chi connectivity index (χ1v) is 4.26. The van der Waals surface area contributed by atoms with E-state index in [-0.39, 0.29) is 0 Å². The number of rotatable bonds is 0. The van der Waals surface area contributed by atoms with E-state index in [0.717, 1.165) is 22.1 Å². The quantitative estimate of drug-likeness (QED) is 0.565. The van der Waals surface area contributed by atoms with Crippen molar-refractivity contribution in [1.29, 1.82) is 0 Å². The second-order valence-electron chi connectivity index (χ2n) is 2.49. The van der Waals surface area contributed by atoms with Crippen LogP contribution in [-0.2, 0) is 0 Å².